The van der Waals surface area contributed by atoms with Crippen molar-refractivity contribution < 1.29 is 9.90 Å². The zero-order valence-electron chi connectivity index (χ0n) is 12.6. The van der Waals surface area contributed by atoms with E-state index in [0.29, 0.717) is 17.7 Å². The molecule has 0 radical (unpaired) electrons. The lowest BCUT2D eigenvalue weighted by Crippen LogP contribution is -2.34. The van der Waals surface area contributed by atoms with E-state index < -0.39 is 0 Å². The molecule has 0 aliphatic carbocycles. The zero-order valence-corrected chi connectivity index (χ0v) is 13.4. The summed E-state index contributed by atoms with van der Waals surface area (Å²) in [5.74, 6) is 7.63. The molecule has 1 aromatic heterocycles. The molecule has 5 heteroatoms. The number of carbonyl (C=O) groups is 1. The molecular formula is C16H22N2O2S. The van der Waals surface area contributed by atoms with Gasteiger partial charge in [-0.3, -0.25) is 4.79 Å². The molecule has 1 amide bonds. The van der Waals surface area contributed by atoms with Crippen LogP contribution in [0.15, 0.2) is 18.3 Å². The summed E-state index contributed by atoms with van der Waals surface area (Å²) in [6.45, 7) is 4.13. The summed E-state index contributed by atoms with van der Waals surface area (Å²) in [5, 5.41) is 11.7. The minimum absolute atomic E-state index is 0.0148. The maximum Gasteiger partial charge on any atom is 0.271 e. The van der Waals surface area contributed by atoms with Crippen molar-refractivity contribution in [2.75, 3.05) is 18.1 Å². The average molecular weight is 306 g/mol. The van der Waals surface area contributed by atoms with Gasteiger partial charge in [0.05, 0.1) is 12.2 Å². The second-order valence-corrected chi connectivity index (χ2v) is 5.93. The van der Waals surface area contributed by atoms with Crippen LogP contribution >= 0.6 is 11.8 Å². The lowest BCUT2D eigenvalue weighted by Gasteiger charge is -2.13. The summed E-state index contributed by atoms with van der Waals surface area (Å²) in [7, 11) is 0. The molecule has 1 heterocycles. The van der Waals surface area contributed by atoms with Crippen LogP contribution in [0.25, 0.3) is 0 Å². The lowest BCUT2D eigenvalue weighted by molar-refractivity contribution is 0.0934. The summed E-state index contributed by atoms with van der Waals surface area (Å²) in [6, 6.07) is 3.63. The first kappa shape index (κ1) is 17.5. The van der Waals surface area contributed by atoms with Gasteiger partial charge in [-0.25, -0.2) is 4.98 Å². The predicted molar refractivity (Wildman–Crippen MR) is 87.4 cm³/mol. The van der Waals surface area contributed by atoms with Crippen molar-refractivity contribution >= 4 is 17.7 Å². The first-order chi connectivity index (χ1) is 10.2. The third-order valence-electron chi connectivity index (χ3n) is 2.76. The number of pyridine rings is 1. The lowest BCUT2D eigenvalue weighted by atomic mass is 10.1. The fourth-order valence-electron chi connectivity index (χ4n) is 1.67. The van der Waals surface area contributed by atoms with Gasteiger partial charge in [-0.15, -0.1) is 0 Å². The van der Waals surface area contributed by atoms with Crippen molar-refractivity contribution in [3.63, 3.8) is 0 Å². The van der Waals surface area contributed by atoms with Gasteiger partial charge in [-0.1, -0.05) is 18.8 Å². The van der Waals surface area contributed by atoms with Gasteiger partial charge in [0.15, 0.2) is 0 Å². The third kappa shape index (κ3) is 6.65. The highest BCUT2D eigenvalue weighted by Gasteiger charge is 2.13. The molecule has 0 saturated carbocycles. The molecule has 2 N–H and O–H groups in total. The summed E-state index contributed by atoms with van der Waals surface area (Å²) >= 11 is 1.86. The summed E-state index contributed by atoms with van der Waals surface area (Å²) in [6.07, 6.45) is 2.91. The van der Waals surface area contributed by atoms with Crippen LogP contribution in [0.2, 0.25) is 0 Å². The summed E-state index contributed by atoms with van der Waals surface area (Å²) in [5.41, 5.74) is 0.941. The van der Waals surface area contributed by atoms with Gasteiger partial charge < -0.3 is 10.4 Å². The van der Waals surface area contributed by atoms with Crippen molar-refractivity contribution in [1.29, 1.82) is 0 Å². The molecule has 1 atom stereocenters. The summed E-state index contributed by atoms with van der Waals surface area (Å²) in [4.78, 5) is 16.4. The topological polar surface area (TPSA) is 62.2 Å². The fourth-order valence-corrected chi connectivity index (χ4v) is 2.48. The Kier molecular flexibility index (Phi) is 8.56. The maximum atomic E-state index is 12.2. The molecule has 0 aliphatic heterocycles. The Morgan fingerprint density at radius 3 is 3.10 bits per heavy atom. The number of hydrogen-bond donors (Lipinski definition) is 2. The highest BCUT2D eigenvalue weighted by atomic mass is 32.2. The SMILES string of the molecule is CCSCCC(C)NC(=O)c1ncccc1C#CCCO. The molecule has 1 aromatic rings. The van der Waals surface area contributed by atoms with E-state index in [9.17, 15) is 4.79 Å². The molecule has 0 fully saturated rings. The second kappa shape index (κ2) is 10.3. The number of amides is 1. The van der Waals surface area contributed by atoms with Crippen LogP contribution in [0.5, 0.6) is 0 Å². The Labute approximate surface area is 130 Å². The van der Waals surface area contributed by atoms with Gasteiger partial charge in [-0.05, 0) is 37.0 Å². The minimum Gasteiger partial charge on any atom is -0.395 e. The number of carbonyl (C=O) groups excluding carboxylic acids is 1. The van der Waals surface area contributed by atoms with Crippen LogP contribution < -0.4 is 5.32 Å². The van der Waals surface area contributed by atoms with Gasteiger partial charge in [0.25, 0.3) is 5.91 Å². The molecule has 0 bridgehead atoms. The number of aliphatic hydroxyl groups excluding tert-OH is 1. The van der Waals surface area contributed by atoms with Gasteiger partial charge >= 0.3 is 0 Å². The number of hydrogen-bond acceptors (Lipinski definition) is 4. The van der Waals surface area contributed by atoms with Crippen LogP contribution in [-0.2, 0) is 0 Å². The van der Waals surface area contributed by atoms with E-state index in [2.05, 4.69) is 29.1 Å². The van der Waals surface area contributed by atoms with E-state index in [4.69, 9.17) is 5.11 Å². The van der Waals surface area contributed by atoms with Crippen LogP contribution in [0.3, 0.4) is 0 Å². The Morgan fingerprint density at radius 1 is 1.57 bits per heavy atom. The Balaban J connectivity index is 2.67. The Hall–Kier alpha value is -1.51. The van der Waals surface area contributed by atoms with Crippen LogP contribution in [-0.4, -0.2) is 40.2 Å². The Bertz CT molecular complexity index is 508. The average Bonchev–Trinajstić information content (AvgIpc) is 2.48. The number of rotatable bonds is 7. The number of aliphatic hydroxyl groups is 1. The van der Waals surface area contributed by atoms with E-state index in [1.54, 1.807) is 18.3 Å². The Morgan fingerprint density at radius 2 is 2.38 bits per heavy atom. The van der Waals surface area contributed by atoms with Crippen molar-refractivity contribution in [1.82, 2.24) is 10.3 Å². The standard InChI is InChI=1S/C16H22N2O2S/c1-3-21-12-9-13(2)18-16(20)15-14(7-4-5-11-19)8-6-10-17-15/h6,8,10,13,19H,3,5,9,11-12H2,1-2H3,(H,18,20). The van der Waals surface area contributed by atoms with Gasteiger partial charge in [0.2, 0.25) is 0 Å². The van der Waals surface area contributed by atoms with Gasteiger partial charge in [0, 0.05) is 18.7 Å². The molecule has 1 rings (SSSR count). The van der Waals surface area contributed by atoms with Crippen LogP contribution in [0.1, 0.15) is 42.7 Å². The van der Waals surface area contributed by atoms with E-state index in [1.807, 2.05) is 18.7 Å². The van der Waals surface area contributed by atoms with E-state index in [0.717, 1.165) is 17.9 Å². The third-order valence-corrected chi connectivity index (χ3v) is 3.69. The quantitative estimate of drug-likeness (QED) is 0.598. The molecule has 0 spiro atoms. The second-order valence-electron chi connectivity index (χ2n) is 4.54. The van der Waals surface area contributed by atoms with E-state index in [-0.39, 0.29) is 18.6 Å². The molecular weight excluding hydrogens is 284 g/mol. The van der Waals surface area contributed by atoms with E-state index in [1.165, 1.54) is 0 Å². The van der Waals surface area contributed by atoms with Crippen molar-refractivity contribution in [2.24, 2.45) is 0 Å². The first-order valence-electron chi connectivity index (χ1n) is 7.12. The maximum absolute atomic E-state index is 12.2. The number of thioether (sulfide) groups is 1. The largest absolute Gasteiger partial charge is 0.395 e. The number of aromatic nitrogens is 1. The molecule has 21 heavy (non-hydrogen) atoms. The van der Waals surface area contributed by atoms with Gasteiger partial charge in [-0.2, -0.15) is 11.8 Å². The molecule has 0 saturated heterocycles. The summed E-state index contributed by atoms with van der Waals surface area (Å²) < 4.78 is 0. The zero-order chi connectivity index (χ0) is 15.5. The highest BCUT2D eigenvalue weighted by Crippen LogP contribution is 2.07. The van der Waals surface area contributed by atoms with Crippen molar-refractivity contribution in [3.8, 4) is 11.8 Å². The first-order valence-corrected chi connectivity index (χ1v) is 8.27. The molecule has 0 aromatic carbocycles. The van der Waals surface area contributed by atoms with E-state index >= 15 is 0 Å². The monoisotopic (exact) mass is 306 g/mol. The minimum atomic E-state index is -0.196. The fraction of sp³-hybridized carbons (Fsp3) is 0.500. The smallest absolute Gasteiger partial charge is 0.271 e. The molecule has 0 aliphatic rings. The number of nitrogens with one attached hydrogen (secondary N) is 1. The van der Waals surface area contributed by atoms with Crippen molar-refractivity contribution in [2.45, 2.75) is 32.7 Å². The molecule has 4 nitrogen and oxygen atoms in total. The van der Waals surface area contributed by atoms with Gasteiger partial charge in [0.1, 0.15) is 5.69 Å². The molecule has 1 unspecified atom stereocenters. The molecule has 114 valence electrons. The van der Waals surface area contributed by atoms with Crippen LogP contribution in [0, 0.1) is 11.8 Å². The van der Waals surface area contributed by atoms with Crippen molar-refractivity contribution in [3.05, 3.63) is 29.6 Å². The normalized spacial score (nSPS) is 11.4. The predicted octanol–water partition coefficient (Wildman–Crippen LogP) is 2.08. The highest BCUT2D eigenvalue weighted by molar-refractivity contribution is 7.99. The van der Waals surface area contributed by atoms with Crippen LogP contribution in [0.4, 0.5) is 0 Å². The number of nitrogens with zero attached hydrogens (tertiary/aromatic N) is 1.